The van der Waals surface area contributed by atoms with Crippen LogP contribution in [-0.2, 0) is 6.42 Å². The molecule has 76 valence electrons. The van der Waals surface area contributed by atoms with Gasteiger partial charge in [0.2, 0.25) is 0 Å². The number of thioether (sulfide) groups is 1. The van der Waals surface area contributed by atoms with Gasteiger partial charge in [-0.3, -0.25) is 0 Å². The first-order valence-corrected chi connectivity index (χ1v) is 6.43. The number of nitrogen functional groups attached to an aromatic ring is 1. The van der Waals surface area contributed by atoms with E-state index in [9.17, 15) is 0 Å². The number of nitrogens with two attached hydrogens (primary N) is 1. The SMILES string of the molecule is Nc1ccccc1CC1CCSCC1. The van der Waals surface area contributed by atoms with Crippen molar-refractivity contribution in [2.24, 2.45) is 5.92 Å². The lowest BCUT2D eigenvalue weighted by atomic mass is 9.93. The van der Waals surface area contributed by atoms with Crippen LogP contribution in [0.25, 0.3) is 0 Å². The molecule has 1 aliphatic rings. The molecule has 2 N–H and O–H groups in total. The van der Waals surface area contributed by atoms with Crippen molar-refractivity contribution in [3.8, 4) is 0 Å². The number of benzene rings is 1. The van der Waals surface area contributed by atoms with E-state index in [4.69, 9.17) is 5.73 Å². The summed E-state index contributed by atoms with van der Waals surface area (Å²) in [5.74, 6) is 3.52. The van der Waals surface area contributed by atoms with E-state index >= 15 is 0 Å². The van der Waals surface area contributed by atoms with Crippen molar-refractivity contribution in [1.82, 2.24) is 0 Å². The lowest BCUT2D eigenvalue weighted by molar-refractivity contribution is 0.488. The third kappa shape index (κ3) is 2.44. The Balaban J connectivity index is 1.99. The third-order valence-electron chi connectivity index (χ3n) is 2.90. The highest BCUT2D eigenvalue weighted by Crippen LogP contribution is 2.27. The van der Waals surface area contributed by atoms with Gasteiger partial charge >= 0.3 is 0 Å². The van der Waals surface area contributed by atoms with E-state index in [1.165, 1.54) is 36.3 Å². The smallest absolute Gasteiger partial charge is 0.0346 e. The van der Waals surface area contributed by atoms with Crippen LogP contribution in [0, 0.1) is 5.92 Å². The van der Waals surface area contributed by atoms with E-state index in [1.807, 2.05) is 12.1 Å². The fraction of sp³-hybridized carbons (Fsp3) is 0.500. The Morgan fingerprint density at radius 2 is 1.93 bits per heavy atom. The number of anilines is 1. The number of para-hydroxylation sites is 1. The Hall–Kier alpha value is -0.630. The topological polar surface area (TPSA) is 26.0 Å². The van der Waals surface area contributed by atoms with E-state index in [1.54, 1.807) is 0 Å². The molecule has 1 aromatic carbocycles. The van der Waals surface area contributed by atoms with Crippen molar-refractivity contribution in [2.45, 2.75) is 19.3 Å². The van der Waals surface area contributed by atoms with Gasteiger partial charge in [0.05, 0.1) is 0 Å². The summed E-state index contributed by atoms with van der Waals surface area (Å²) in [5, 5.41) is 0. The van der Waals surface area contributed by atoms with Crippen molar-refractivity contribution in [3.05, 3.63) is 29.8 Å². The minimum Gasteiger partial charge on any atom is -0.399 e. The van der Waals surface area contributed by atoms with Crippen LogP contribution in [0.15, 0.2) is 24.3 Å². The van der Waals surface area contributed by atoms with Gasteiger partial charge in [0.1, 0.15) is 0 Å². The maximum Gasteiger partial charge on any atom is 0.0346 e. The normalized spacial score (nSPS) is 18.3. The highest BCUT2D eigenvalue weighted by molar-refractivity contribution is 7.99. The molecule has 1 aromatic rings. The second-order valence-corrected chi connectivity index (χ2v) is 5.18. The fourth-order valence-electron chi connectivity index (χ4n) is 1.98. The van der Waals surface area contributed by atoms with Gasteiger partial charge in [-0.05, 0) is 48.3 Å². The van der Waals surface area contributed by atoms with Crippen molar-refractivity contribution in [3.63, 3.8) is 0 Å². The van der Waals surface area contributed by atoms with Crippen LogP contribution < -0.4 is 5.73 Å². The predicted molar refractivity (Wildman–Crippen MR) is 64.6 cm³/mol. The first-order valence-electron chi connectivity index (χ1n) is 5.27. The van der Waals surface area contributed by atoms with E-state index < -0.39 is 0 Å². The summed E-state index contributed by atoms with van der Waals surface area (Å²) in [6, 6.07) is 8.27. The van der Waals surface area contributed by atoms with E-state index in [-0.39, 0.29) is 0 Å². The van der Waals surface area contributed by atoms with Gasteiger partial charge in [0, 0.05) is 5.69 Å². The second-order valence-electron chi connectivity index (χ2n) is 3.96. The summed E-state index contributed by atoms with van der Waals surface area (Å²) in [5.41, 5.74) is 8.23. The molecule has 0 aromatic heterocycles. The molecule has 14 heavy (non-hydrogen) atoms. The van der Waals surface area contributed by atoms with Crippen molar-refractivity contribution >= 4 is 17.4 Å². The van der Waals surface area contributed by atoms with Gasteiger partial charge in [0.15, 0.2) is 0 Å². The summed E-state index contributed by atoms with van der Waals surface area (Å²) in [6.07, 6.45) is 3.89. The molecule has 0 amide bonds. The van der Waals surface area contributed by atoms with Gasteiger partial charge in [-0.15, -0.1) is 0 Å². The summed E-state index contributed by atoms with van der Waals surface area (Å²) >= 11 is 2.08. The summed E-state index contributed by atoms with van der Waals surface area (Å²) in [6.45, 7) is 0. The number of hydrogen-bond acceptors (Lipinski definition) is 2. The minimum atomic E-state index is 0.862. The fourth-order valence-corrected chi connectivity index (χ4v) is 3.19. The lowest BCUT2D eigenvalue weighted by Gasteiger charge is -2.21. The Morgan fingerprint density at radius 3 is 2.64 bits per heavy atom. The highest BCUT2D eigenvalue weighted by Gasteiger charge is 2.14. The molecule has 0 unspecified atom stereocenters. The highest BCUT2D eigenvalue weighted by atomic mass is 32.2. The molecule has 1 aliphatic heterocycles. The largest absolute Gasteiger partial charge is 0.399 e. The molecule has 0 atom stereocenters. The molecule has 0 saturated carbocycles. The molecule has 0 bridgehead atoms. The number of rotatable bonds is 2. The standard InChI is InChI=1S/C12H17NS/c13-12-4-2-1-3-11(12)9-10-5-7-14-8-6-10/h1-4,10H,5-9,13H2. The molecule has 2 rings (SSSR count). The molecule has 0 spiro atoms. The molecule has 1 heterocycles. The molecular weight excluding hydrogens is 190 g/mol. The second kappa shape index (κ2) is 4.74. The van der Waals surface area contributed by atoms with Crippen LogP contribution in [0.3, 0.4) is 0 Å². The molecular formula is C12H17NS. The van der Waals surface area contributed by atoms with E-state index in [0.717, 1.165) is 11.6 Å². The van der Waals surface area contributed by atoms with E-state index in [2.05, 4.69) is 23.9 Å². The first kappa shape index (κ1) is 9.91. The summed E-state index contributed by atoms with van der Waals surface area (Å²) in [7, 11) is 0. The Kier molecular flexibility index (Phi) is 3.35. The Labute approximate surface area is 90.1 Å². The van der Waals surface area contributed by atoms with Crippen molar-refractivity contribution < 1.29 is 0 Å². The van der Waals surface area contributed by atoms with Crippen LogP contribution in [0.5, 0.6) is 0 Å². The molecule has 1 saturated heterocycles. The maximum atomic E-state index is 5.93. The molecule has 1 nitrogen and oxygen atoms in total. The zero-order valence-electron chi connectivity index (χ0n) is 8.41. The quantitative estimate of drug-likeness (QED) is 0.755. The van der Waals surface area contributed by atoms with Gasteiger partial charge in [-0.2, -0.15) is 11.8 Å². The van der Waals surface area contributed by atoms with Gasteiger partial charge < -0.3 is 5.73 Å². The van der Waals surface area contributed by atoms with Crippen LogP contribution in [0.2, 0.25) is 0 Å². The lowest BCUT2D eigenvalue weighted by Crippen LogP contribution is -2.13. The predicted octanol–water partition coefficient (Wildman–Crippen LogP) is 2.95. The first-order chi connectivity index (χ1) is 6.86. The maximum absolute atomic E-state index is 5.93. The minimum absolute atomic E-state index is 0.862. The van der Waals surface area contributed by atoms with Crippen molar-refractivity contribution in [1.29, 1.82) is 0 Å². The average molecular weight is 207 g/mol. The van der Waals surface area contributed by atoms with E-state index in [0.29, 0.717) is 0 Å². The van der Waals surface area contributed by atoms with Gasteiger partial charge in [0.25, 0.3) is 0 Å². The van der Waals surface area contributed by atoms with Gasteiger partial charge in [-0.25, -0.2) is 0 Å². The van der Waals surface area contributed by atoms with Crippen LogP contribution >= 0.6 is 11.8 Å². The Bertz CT molecular complexity index is 292. The number of hydrogen-bond donors (Lipinski definition) is 1. The monoisotopic (exact) mass is 207 g/mol. The Morgan fingerprint density at radius 1 is 1.21 bits per heavy atom. The van der Waals surface area contributed by atoms with Gasteiger partial charge in [-0.1, -0.05) is 18.2 Å². The molecule has 0 radical (unpaired) electrons. The zero-order valence-corrected chi connectivity index (χ0v) is 9.22. The molecule has 2 heteroatoms. The van der Waals surface area contributed by atoms with Crippen LogP contribution in [0.1, 0.15) is 18.4 Å². The van der Waals surface area contributed by atoms with Crippen molar-refractivity contribution in [2.75, 3.05) is 17.2 Å². The average Bonchev–Trinajstić information content (AvgIpc) is 2.23. The third-order valence-corrected chi connectivity index (χ3v) is 3.95. The zero-order chi connectivity index (χ0) is 9.80. The molecule has 1 fully saturated rings. The van der Waals surface area contributed by atoms with Crippen LogP contribution in [-0.4, -0.2) is 11.5 Å². The van der Waals surface area contributed by atoms with Crippen LogP contribution in [0.4, 0.5) is 5.69 Å². The molecule has 0 aliphatic carbocycles. The summed E-state index contributed by atoms with van der Waals surface area (Å²) in [4.78, 5) is 0. The summed E-state index contributed by atoms with van der Waals surface area (Å²) < 4.78 is 0.